The molecule has 1 aliphatic heterocycles. The van der Waals surface area contributed by atoms with E-state index in [0.29, 0.717) is 11.8 Å². The molecule has 1 saturated carbocycles. The van der Waals surface area contributed by atoms with Crippen LogP contribution >= 0.6 is 0 Å². The van der Waals surface area contributed by atoms with Gasteiger partial charge in [-0.3, -0.25) is 4.90 Å². The maximum absolute atomic E-state index is 12.1. The summed E-state index contributed by atoms with van der Waals surface area (Å²) in [5.74, 6) is -0.263. The first-order valence-corrected chi connectivity index (χ1v) is 11.1. The smallest absolute Gasteiger partial charge is 0.158 e. The SMILES string of the molecule is O=S(=O)(CCS(=O)(=O)CC1CN(C2CC2)C1)Cc1ccco1. The van der Waals surface area contributed by atoms with Crippen LogP contribution in [0.25, 0.3) is 0 Å². The molecule has 0 radical (unpaired) electrons. The Balaban J connectivity index is 1.45. The Morgan fingerprint density at radius 1 is 1.09 bits per heavy atom. The van der Waals surface area contributed by atoms with Crippen molar-refractivity contribution in [2.75, 3.05) is 30.3 Å². The second kappa shape index (κ2) is 5.98. The maximum atomic E-state index is 12.1. The minimum absolute atomic E-state index is 0.104. The molecular weight excluding hydrogens is 326 g/mol. The fourth-order valence-corrected chi connectivity index (χ4v) is 6.70. The predicted octanol–water partition coefficient (Wildman–Crippen LogP) is 0.703. The van der Waals surface area contributed by atoms with Gasteiger partial charge < -0.3 is 4.42 Å². The van der Waals surface area contributed by atoms with Crippen molar-refractivity contribution >= 4 is 19.7 Å². The molecular formula is C14H21NO5S2. The summed E-state index contributed by atoms with van der Waals surface area (Å²) in [4.78, 5) is 2.31. The molecule has 1 saturated heterocycles. The average Bonchev–Trinajstić information content (AvgIpc) is 3.09. The zero-order chi connectivity index (χ0) is 15.8. The summed E-state index contributed by atoms with van der Waals surface area (Å²) < 4.78 is 53.0. The van der Waals surface area contributed by atoms with Crippen LogP contribution in [0.4, 0.5) is 0 Å². The number of rotatable bonds is 8. The molecule has 0 spiro atoms. The summed E-state index contributed by atoms with van der Waals surface area (Å²) in [6, 6.07) is 3.86. The molecule has 0 N–H and O–H groups in total. The molecule has 1 aliphatic carbocycles. The van der Waals surface area contributed by atoms with Crippen molar-refractivity contribution < 1.29 is 21.3 Å². The van der Waals surface area contributed by atoms with Crippen LogP contribution in [0.3, 0.4) is 0 Å². The first kappa shape index (κ1) is 16.0. The Morgan fingerprint density at radius 3 is 2.36 bits per heavy atom. The van der Waals surface area contributed by atoms with E-state index in [0.717, 1.165) is 13.1 Å². The van der Waals surface area contributed by atoms with Gasteiger partial charge in [-0.05, 0) is 30.9 Å². The number of likely N-dealkylation sites (tertiary alicyclic amines) is 1. The standard InChI is InChI=1S/C14H21NO5S2/c16-21(17,10-12-8-15(9-12)13-3-4-13)6-7-22(18,19)11-14-2-1-5-20-14/h1-2,5,12-13H,3-4,6-11H2. The molecule has 1 aromatic heterocycles. The van der Waals surface area contributed by atoms with Gasteiger partial charge in [-0.15, -0.1) is 0 Å². The molecule has 0 amide bonds. The lowest BCUT2D eigenvalue weighted by Crippen LogP contribution is -2.50. The lowest BCUT2D eigenvalue weighted by molar-refractivity contribution is 0.106. The monoisotopic (exact) mass is 347 g/mol. The molecule has 2 fully saturated rings. The third-order valence-corrected chi connectivity index (χ3v) is 7.80. The van der Waals surface area contributed by atoms with Gasteiger partial charge in [0.25, 0.3) is 0 Å². The molecule has 0 bridgehead atoms. The van der Waals surface area contributed by atoms with Crippen molar-refractivity contribution in [3.8, 4) is 0 Å². The van der Waals surface area contributed by atoms with Crippen LogP contribution in [-0.2, 0) is 25.4 Å². The second-order valence-electron chi connectivity index (χ2n) is 6.34. The highest BCUT2D eigenvalue weighted by Crippen LogP contribution is 2.33. The fourth-order valence-electron chi connectivity index (χ4n) is 2.83. The van der Waals surface area contributed by atoms with Crippen LogP contribution in [0.5, 0.6) is 0 Å². The molecule has 124 valence electrons. The third-order valence-electron chi connectivity index (χ3n) is 4.19. The molecule has 0 aromatic carbocycles. The van der Waals surface area contributed by atoms with E-state index in [1.54, 1.807) is 12.1 Å². The van der Waals surface area contributed by atoms with Gasteiger partial charge in [0, 0.05) is 19.1 Å². The first-order valence-electron chi connectivity index (χ1n) is 7.50. The molecule has 3 rings (SSSR count). The van der Waals surface area contributed by atoms with E-state index in [1.807, 2.05) is 0 Å². The Labute approximate surface area is 131 Å². The molecule has 8 heteroatoms. The summed E-state index contributed by atoms with van der Waals surface area (Å²) >= 11 is 0. The van der Waals surface area contributed by atoms with Gasteiger partial charge >= 0.3 is 0 Å². The fraction of sp³-hybridized carbons (Fsp3) is 0.714. The quantitative estimate of drug-likeness (QED) is 0.688. The Hall–Kier alpha value is -0.860. The van der Waals surface area contributed by atoms with Crippen molar-refractivity contribution in [2.45, 2.75) is 24.6 Å². The molecule has 2 heterocycles. The van der Waals surface area contributed by atoms with Crippen molar-refractivity contribution in [1.29, 1.82) is 0 Å². The largest absolute Gasteiger partial charge is 0.468 e. The maximum Gasteiger partial charge on any atom is 0.158 e. The normalized spacial score (nSPS) is 20.9. The number of furan rings is 1. The predicted molar refractivity (Wildman–Crippen MR) is 82.9 cm³/mol. The van der Waals surface area contributed by atoms with Crippen molar-refractivity contribution in [3.05, 3.63) is 24.2 Å². The van der Waals surface area contributed by atoms with Crippen LogP contribution in [0.1, 0.15) is 18.6 Å². The summed E-state index contributed by atoms with van der Waals surface area (Å²) in [7, 11) is -6.78. The lowest BCUT2D eigenvalue weighted by atomic mass is 10.0. The van der Waals surface area contributed by atoms with Crippen LogP contribution < -0.4 is 0 Å². The molecule has 0 atom stereocenters. The highest BCUT2D eigenvalue weighted by molar-refractivity contribution is 7.94. The van der Waals surface area contributed by atoms with E-state index < -0.39 is 19.7 Å². The Bertz CT molecular complexity index is 698. The number of nitrogens with zero attached hydrogens (tertiary/aromatic N) is 1. The van der Waals surface area contributed by atoms with Crippen molar-refractivity contribution in [1.82, 2.24) is 4.90 Å². The van der Waals surface area contributed by atoms with Crippen LogP contribution in [-0.4, -0.2) is 58.1 Å². The molecule has 1 aromatic rings. The minimum atomic E-state index is -3.46. The van der Waals surface area contributed by atoms with E-state index >= 15 is 0 Å². The summed E-state index contributed by atoms with van der Waals surface area (Å²) in [6.45, 7) is 1.67. The molecule has 6 nitrogen and oxygen atoms in total. The van der Waals surface area contributed by atoms with E-state index in [4.69, 9.17) is 4.42 Å². The Morgan fingerprint density at radius 2 is 1.77 bits per heavy atom. The van der Waals surface area contributed by atoms with Gasteiger partial charge in [-0.1, -0.05) is 0 Å². The van der Waals surface area contributed by atoms with E-state index in [-0.39, 0.29) is 28.9 Å². The first-order chi connectivity index (χ1) is 10.3. The van der Waals surface area contributed by atoms with Gasteiger partial charge in [0.15, 0.2) is 19.7 Å². The van der Waals surface area contributed by atoms with Crippen LogP contribution in [0.2, 0.25) is 0 Å². The molecule has 2 aliphatic rings. The minimum Gasteiger partial charge on any atom is -0.468 e. The Kier molecular flexibility index (Phi) is 4.35. The van der Waals surface area contributed by atoms with E-state index in [1.165, 1.54) is 19.1 Å². The van der Waals surface area contributed by atoms with Crippen LogP contribution in [0.15, 0.2) is 22.8 Å². The molecule has 22 heavy (non-hydrogen) atoms. The van der Waals surface area contributed by atoms with Crippen molar-refractivity contribution in [3.63, 3.8) is 0 Å². The van der Waals surface area contributed by atoms with E-state index in [2.05, 4.69) is 4.90 Å². The zero-order valence-corrected chi connectivity index (χ0v) is 14.0. The number of hydrogen-bond donors (Lipinski definition) is 0. The van der Waals surface area contributed by atoms with Gasteiger partial charge in [-0.2, -0.15) is 0 Å². The van der Waals surface area contributed by atoms with Crippen LogP contribution in [0, 0.1) is 5.92 Å². The highest BCUT2D eigenvalue weighted by Gasteiger charge is 2.39. The number of hydrogen-bond acceptors (Lipinski definition) is 6. The van der Waals surface area contributed by atoms with Gasteiger partial charge in [0.05, 0.1) is 23.5 Å². The highest BCUT2D eigenvalue weighted by atomic mass is 32.2. The summed E-state index contributed by atoms with van der Waals surface area (Å²) in [6.07, 6.45) is 3.86. The van der Waals surface area contributed by atoms with Crippen molar-refractivity contribution in [2.24, 2.45) is 5.92 Å². The van der Waals surface area contributed by atoms with E-state index in [9.17, 15) is 16.8 Å². The lowest BCUT2D eigenvalue weighted by Gasteiger charge is -2.39. The van der Waals surface area contributed by atoms with Gasteiger partial charge in [0.2, 0.25) is 0 Å². The number of sulfone groups is 2. The molecule has 0 unspecified atom stereocenters. The van der Waals surface area contributed by atoms with Gasteiger partial charge in [-0.25, -0.2) is 16.8 Å². The van der Waals surface area contributed by atoms with Gasteiger partial charge in [0.1, 0.15) is 11.5 Å². The second-order valence-corrected chi connectivity index (χ2v) is 10.7. The summed E-state index contributed by atoms with van der Waals surface area (Å²) in [5.41, 5.74) is 0. The summed E-state index contributed by atoms with van der Waals surface area (Å²) in [5, 5.41) is 0. The third kappa shape index (κ3) is 4.33. The topological polar surface area (TPSA) is 84.7 Å². The average molecular weight is 347 g/mol. The zero-order valence-electron chi connectivity index (χ0n) is 12.3.